The molecule has 0 amide bonds. The summed E-state index contributed by atoms with van der Waals surface area (Å²) in [7, 11) is 0. The Balaban J connectivity index is 2.62. The fourth-order valence-corrected chi connectivity index (χ4v) is 1.87. The van der Waals surface area contributed by atoms with E-state index in [4.69, 9.17) is 4.74 Å². The maximum Gasteiger partial charge on any atom is 0.127 e. The summed E-state index contributed by atoms with van der Waals surface area (Å²) in [4.78, 5) is 0. The molecule has 2 nitrogen and oxygen atoms in total. The van der Waals surface area contributed by atoms with Gasteiger partial charge < -0.3 is 10.1 Å². The van der Waals surface area contributed by atoms with Crippen LogP contribution < -0.4 is 5.32 Å². The van der Waals surface area contributed by atoms with Crippen LogP contribution in [-0.2, 0) is 4.74 Å². The maximum atomic E-state index is 13.7. The lowest BCUT2D eigenvalue weighted by Gasteiger charge is -2.23. The van der Waals surface area contributed by atoms with Crippen molar-refractivity contribution in [3.05, 3.63) is 35.6 Å². The second-order valence-corrected chi connectivity index (χ2v) is 4.21. The number of benzene rings is 1. The van der Waals surface area contributed by atoms with E-state index < -0.39 is 0 Å². The smallest absolute Gasteiger partial charge is 0.127 e. The van der Waals surface area contributed by atoms with Crippen molar-refractivity contribution in [1.82, 2.24) is 5.32 Å². The third-order valence-corrected chi connectivity index (χ3v) is 2.75. The number of ether oxygens (including phenoxy) is 1. The van der Waals surface area contributed by atoms with Crippen molar-refractivity contribution in [3.63, 3.8) is 0 Å². The molecule has 0 aliphatic heterocycles. The van der Waals surface area contributed by atoms with Crippen molar-refractivity contribution in [2.75, 3.05) is 13.2 Å². The van der Waals surface area contributed by atoms with E-state index in [0.717, 1.165) is 12.0 Å². The van der Waals surface area contributed by atoms with Crippen LogP contribution in [0.1, 0.15) is 38.8 Å². The lowest BCUT2D eigenvalue weighted by molar-refractivity contribution is 0.123. The normalized spacial score (nSPS) is 14.6. The first-order chi connectivity index (χ1) is 8.19. The van der Waals surface area contributed by atoms with E-state index in [9.17, 15) is 4.39 Å². The lowest BCUT2D eigenvalue weighted by atomic mass is 10.0. The first-order valence-corrected chi connectivity index (χ1v) is 6.27. The van der Waals surface area contributed by atoms with Crippen LogP contribution in [0, 0.1) is 5.82 Å². The summed E-state index contributed by atoms with van der Waals surface area (Å²) in [5.41, 5.74) is 0.735. The first-order valence-electron chi connectivity index (χ1n) is 6.27. The van der Waals surface area contributed by atoms with E-state index in [2.05, 4.69) is 19.2 Å². The highest BCUT2D eigenvalue weighted by Gasteiger charge is 2.15. The summed E-state index contributed by atoms with van der Waals surface area (Å²) in [6.07, 6.45) is 0.859. The molecule has 0 aromatic heterocycles. The number of halogens is 1. The van der Waals surface area contributed by atoms with Crippen molar-refractivity contribution in [2.45, 2.75) is 39.3 Å². The molecular formula is C14H22FNO. The van der Waals surface area contributed by atoms with Crippen LogP contribution in [0.3, 0.4) is 0 Å². The van der Waals surface area contributed by atoms with E-state index in [1.54, 1.807) is 6.07 Å². The summed E-state index contributed by atoms with van der Waals surface area (Å²) in [6, 6.07) is 7.20. The molecule has 1 rings (SSSR count). The summed E-state index contributed by atoms with van der Waals surface area (Å²) in [5, 5.41) is 3.39. The van der Waals surface area contributed by atoms with Crippen LogP contribution in [0.15, 0.2) is 24.3 Å². The molecule has 0 aliphatic carbocycles. The molecule has 96 valence electrons. The van der Waals surface area contributed by atoms with Gasteiger partial charge in [-0.3, -0.25) is 0 Å². The van der Waals surface area contributed by atoms with Crippen molar-refractivity contribution in [3.8, 4) is 0 Å². The molecule has 0 aliphatic rings. The average molecular weight is 239 g/mol. The fraction of sp³-hybridized carbons (Fsp3) is 0.571. The van der Waals surface area contributed by atoms with Crippen LogP contribution in [0.25, 0.3) is 0 Å². The minimum Gasteiger partial charge on any atom is -0.380 e. The molecule has 17 heavy (non-hydrogen) atoms. The summed E-state index contributed by atoms with van der Waals surface area (Å²) < 4.78 is 19.0. The molecule has 0 heterocycles. The zero-order valence-electron chi connectivity index (χ0n) is 10.9. The van der Waals surface area contributed by atoms with E-state index in [1.165, 1.54) is 6.07 Å². The Hall–Kier alpha value is -0.930. The van der Waals surface area contributed by atoms with Gasteiger partial charge in [-0.25, -0.2) is 4.39 Å². The number of rotatable bonds is 7. The topological polar surface area (TPSA) is 21.3 Å². The van der Waals surface area contributed by atoms with E-state index in [0.29, 0.717) is 13.2 Å². The Bertz CT molecular complexity index is 330. The molecule has 0 saturated heterocycles. The highest BCUT2D eigenvalue weighted by atomic mass is 19.1. The van der Waals surface area contributed by atoms with Crippen molar-refractivity contribution < 1.29 is 9.13 Å². The van der Waals surface area contributed by atoms with Gasteiger partial charge in [-0.2, -0.15) is 0 Å². The minimum atomic E-state index is -0.143. The van der Waals surface area contributed by atoms with Crippen molar-refractivity contribution >= 4 is 0 Å². The Kier molecular flexibility index (Phi) is 6.16. The van der Waals surface area contributed by atoms with Crippen LogP contribution in [0.5, 0.6) is 0 Å². The predicted molar refractivity (Wildman–Crippen MR) is 68.5 cm³/mol. The molecule has 1 aromatic rings. The van der Waals surface area contributed by atoms with Crippen LogP contribution in [0.4, 0.5) is 4.39 Å². The van der Waals surface area contributed by atoms with Gasteiger partial charge in [0, 0.05) is 24.3 Å². The monoisotopic (exact) mass is 239 g/mol. The van der Waals surface area contributed by atoms with Crippen LogP contribution in [-0.4, -0.2) is 19.3 Å². The van der Waals surface area contributed by atoms with Crippen LogP contribution >= 0.6 is 0 Å². The third-order valence-electron chi connectivity index (χ3n) is 2.75. The van der Waals surface area contributed by atoms with E-state index >= 15 is 0 Å². The highest BCUT2D eigenvalue weighted by Crippen LogP contribution is 2.20. The zero-order chi connectivity index (χ0) is 12.7. The highest BCUT2D eigenvalue weighted by molar-refractivity contribution is 5.21. The van der Waals surface area contributed by atoms with E-state index in [-0.39, 0.29) is 17.9 Å². The lowest BCUT2D eigenvalue weighted by Crippen LogP contribution is -2.34. The molecule has 2 atom stereocenters. The average Bonchev–Trinajstić information content (AvgIpc) is 2.34. The number of nitrogens with one attached hydrogen (secondary N) is 1. The molecule has 0 radical (unpaired) electrons. The SMILES string of the molecule is CCOCC(C)NC(CC)c1ccccc1F. The summed E-state index contributed by atoms with van der Waals surface area (Å²) in [5.74, 6) is -0.143. The Labute approximate surface area is 103 Å². The third kappa shape index (κ3) is 4.44. The van der Waals surface area contributed by atoms with Gasteiger partial charge in [0.25, 0.3) is 0 Å². The van der Waals surface area contributed by atoms with E-state index in [1.807, 2.05) is 19.1 Å². The van der Waals surface area contributed by atoms with Gasteiger partial charge in [0.15, 0.2) is 0 Å². The second-order valence-electron chi connectivity index (χ2n) is 4.21. The molecule has 0 fully saturated rings. The van der Waals surface area contributed by atoms with Gasteiger partial charge in [0.2, 0.25) is 0 Å². The molecule has 2 unspecified atom stereocenters. The van der Waals surface area contributed by atoms with Crippen LogP contribution in [0.2, 0.25) is 0 Å². The van der Waals surface area contributed by atoms with Gasteiger partial charge in [-0.15, -0.1) is 0 Å². The Morgan fingerprint density at radius 1 is 1.29 bits per heavy atom. The van der Waals surface area contributed by atoms with Crippen molar-refractivity contribution in [1.29, 1.82) is 0 Å². The molecule has 3 heteroatoms. The molecular weight excluding hydrogens is 217 g/mol. The molecule has 0 saturated carbocycles. The largest absolute Gasteiger partial charge is 0.380 e. The summed E-state index contributed by atoms with van der Waals surface area (Å²) >= 11 is 0. The zero-order valence-corrected chi connectivity index (χ0v) is 10.9. The Morgan fingerprint density at radius 3 is 2.59 bits per heavy atom. The minimum absolute atomic E-state index is 0.0478. The second kappa shape index (κ2) is 7.41. The van der Waals surface area contributed by atoms with Gasteiger partial charge >= 0.3 is 0 Å². The molecule has 1 N–H and O–H groups in total. The molecule has 0 spiro atoms. The van der Waals surface area contributed by atoms with Gasteiger partial charge in [-0.05, 0) is 26.3 Å². The first kappa shape index (κ1) is 14.1. The number of hydrogen-bond donors (Lipinski definition) is 1. The predicted octanol–water partition coefficient (Wildman–Crippen LogP) is 3.29. The standard InChI is InChI=1S/C14H22FNO/c1-4-14(16-11(3)10-17-5-2)12-8-6-7-9-13(12)15/h6-9,11,14,16H,4-5,10H2,1-3H3. The van der Waals surface area contributed by atoms with Gasteiger partial charge in [0.1, 0.15) is 5.82 Å². The quantitative estimate of drug-likeness (QED) is 0.788. The summed E-state index contributed by atoms with van der Waals surface area (Å²) in [6.45, 7) is 7.45. The Morgan fingerprint density at radius 2 is 2.00 bits per heavy atom. The fourth-order valence-electron chi connectivity index (χ4n) is 1.87. The molecule has 0 bridgehead atoms. The van der Waals surface area contributed by atoms with Gasteiger partial charge in [-0.1, -0.05) is 25.1 Å². The van der Waals surface area contributed by atoms with Crippen molar-refractivity contribution in [2.24, 2.45) is 0 Å². The molecule has 1 aromatic carbocycles. The maximum absolute atomic E-state index is 13.7. The van der Waals surface area contributed by atoms with Gasteiger partial charge in [0.05, 0.1) is 6.61 Å². The number of hydrogen-bond acceptors (Lipinski definition) is 2.